The van der Waals surface area contributed by atoms with Gasteiger partial charge >= 0.3 is 0 Å². The normalized spacial score (nSPS) is 13.6. The van der Waals surface area contributed by atoms with E-state index in [-0.39, 0.29) is 0 Å². The maximum Gasteiger partial charge on any atom is 0.249 e. The molecule has 0 fully saturated rings. The lowest BCUT2D eigenvalue weighted by atomic mass is 9.99. The second kappa shape index (κ2) is 57.2. The van der Waals surface area contributed by atoms with Crippen LogP contribution in [0.5, 0.6) is 0 Å². The fourth-order valence-corrected chi connectivity index (χ4v) is 10.4. The Hall–Kier alpha value is -0.690. The minimum Gasteiger partial charge on any atom is -0.394 e. The molecule has 5 N–H and O–H groups in total. The van der Waals surface area contributed by atoms with E-state index < -0.39 is 36.9 Å². The summed E-state index contributed by atoms with van der Waals surface area (Å²) in [7, 11) is 0. The molecule has 0 bridgehead atoms. The lowest BCUT2D eigenvalue weighted by Crippen LogP contribution is -2.53. The van der Waals surface area contributed by atoms with Gasteiger partial charge in [-0.3, -0.25) is 4.79 Å². The molecule has 0 saturated carbocycles. The lowest BCUT2D eigenvalue weighted by Gasteiger charge is -2.27. The molecule has 0 aliphatic carbocycles. The van der Waals surface area contributed by atoms with Gasteiger partial charge in [0.05, 0.1) is 18.8 Å². The van der Waals surface area contributed by atoms with E-state index in [1.54, 1.807) is 0 Å². The largest absolute Gasteiger partial charge is 0.394 e. The topological polar surface area (TPSA) is 110 Å². The van der Waals surface area contributed by atoms with E-state index in [4.69, 9.17) is 0 Å². The van der Waals surface area contributed by atoms with Crippen molar-refractivity contribution in [2.24, 2.45) is 0 Å². The van der Waals surface area contributed by atoms with Crippen molar-refractivity contribution in [2.45, 2.75) is 385 Å². The Morgan fingerprint density at radius 3 is 0.706 bits per heavy atom. The van der Waals surface area contributed by atoms with Crippen LogP contribution < -0.4 is 5.32 Å². The van der Waals surface area contributed by atoms with Gasteiger partial charge < -0.3 is 25.7 Å². The molecule has 4 unspecified atom stereocenters. The van der Waals surface area contributed by atoms with Crippen LogP contribution in [0.4, 0.5) is 0 Å². The molecule has 0 aromatic heterocycles. The first-order valence-electron chi connectivity index (χ1n) is 31.4. The van der Waals surface area contributed by atoms with Crippen LogP contribution in [0, 0.1) is 0 Å². The molecule has 0 saturated heterocycles. The Morgan fingerprint density at radius 2 is 0.500 bits per heavy atom. The molecule has 0 rings (SSSR count). The molecule has 0 aliphatic rings. The summed E-state index contributed by atoms with van der Waals surface area (Å²) < 4.78 is 0. The van der Waals surface area contributed by atoms with Gasteiger partial charge in [-0.25, -0.2) is 0 Å². The van der Waals surface area contributed by atoms with Gasteiger partial charge in [-0.1, -0.05) is 348 Å². The molecule has 6 heteroatoms. The molecule has 0 aliphatic heterocycles. The summed E-state index contributed by atoms with van der Waals surface area (Å²) in [6.07, 6.45) is 67.7. The van der Waals surface area contributed by atoms with Crippen molar-refractivity contribution in [2.75, 3.05) is 6.61 Å². The van der Waals surface area contributed by atoms with Crippen molar-refractivity contribution in [1.82, 2.24) is 5.32 Å². The van der Waals surface area contributed by atoms with Crippen LogP contribution in [0.25, 0.3) is 0 Å². The predicted octanol–water partition coefficient (Wildman–Crippen LogP) is 18.7. The maximum atomic E-state index is 12.6. The molecule has 0 radical (unpaired) electrons. The average molecular weight is 965 g/mol. The third kappa shape index (κ3) is 50.3. The highest BCUT2D eigenvalue weighted by Crippen LogP contribution is 2.19. The monoisotopic (exact) mass is 964 g/mol. The Labute approximate surface area is 426 Å². The summed E-state index contributed by atoms with van der Waals surface area (Å²) in [4.78, 5) is 12.6. The lowest BCUT2D eigenvalue weighted by molar-refractivity contribution is -0.132. The smallest absolute Gasteiger partial charge is 0.249 e. The minimum atomic E-state index is -1.26. The maximum absolute atomic E-state index is 12.6. The molecule has 0 spiro atoms. The summed E-state index contributed by atoms with van der Waals surface area (Å²) in [5.74, 6) is -0.574. The highest BCUT2D eigenvalue weighted by atomic mass is 16.3. The van der Waals surface area contributed by atoms with Crippen LogP contribution in [0.15, 0.2) is 0 Å². The highest BCUT2D eigenvalue weighted by molar-refractivity contribution is 5.80. The zero-order valence-corrected chi connectivity index (χ0v) is 46.4. The quantitative estimate of drug-likeness (QED) is 0.0390. The predicted molar refractivity (Wildman–Crippen MR) is 298 cm³/mol. The Kier molecular flexibility index (Phi) is 56.6. The Bertz CT molecular complexity index is 948. The molecule has 4 atom stereocenters. The van der Waals surface area contributed by atoms with Crippen LogP contribution in [0.1, 0.15) is 361 Å². The molecule has 408 valence electrons. The standard InChI is InChI=1S/C62H125NO5/c1-3-5-7-9-11-13-15-17-19-21-23-25-27-28-29-30-31-32-33-34-36-38-40-42-44-46-48-50-52-54-56-60(66)62(68)63-58(57-64)61(67)59(65)55-53-51-49-47-45-43-41-39-37-35-26-24-22-20-18-16-14-12-10-8-6-4-2/h58-61,64-67H,3-57H2,1-2H3,(H,63,68). The van der Waals surface area contributed by atoms with E-state index >= 15 is 0 Å². The average Bonchev–Trinajstić information content (AvgIpc) is 3.34. The minimum absolute atomic E-state index is 0.377. The number of amides is 1. The van der Waals surface area contributed by atoms with E-state index in [1.165, 1.54) is 295 Å². The molecule has 0 aromatic rings. The number of hydrogen-bond acceptors (Lipinski definition) is 5. The van der Waals surface area contributed by atoms with Gasteiger partial charge in [0.25, 0.3) is 0 Å². The fourth-order valence-electron chi connectivity index (χ4n) is 10.4. The summed E-state index contributed by atoms with van der Waals surface area (Å²) >= 11 is 0. The number of carbonyl (C=O) groups excluding carboxylic acids is 1. The van der Waals surface area contributed by atoms with Crippen molar-refractivity contribution in [1.29, 1.82) is 0 Å². The summed E-state index contributed by atoms with van der Waals surface area (Å²) in [6, 6.07) is -0.981. The van der Waals surface area contributed by atoms with Gasteiger partial charge in [0.1, 0.15) is 12.2 Å². The number of aliphatic hydroxyl groups is 4. The van der Waals surface area contributed by atoms with Crippen LogP contribution in [-0.4, -0.2) is 57.3 Å². The van der Waals surface area contributed by atoms with Crippen LogP contribution in [0.3, 0.4) is 0 Å². The Morgan fingerprint density at radius 1 is 0.309 bits per heavy atom. The Balaban J connectivity index is 3.53. The summed E-state index contributed by atoms with van der Waals surface area (Å²) in [6.45, 7) is 4.11. The number of rotatable bonds is 59. The van der Waals surface area contributed by atoms with E-state index in [2.05, 4.69) is 19.2 Å². The first kappa shape index (κ1) is 67.3. The second-order valence-electron chi connectivity index (χ2n) is 22.1. The first-order valence-corrected chi connectivity index (χ1v) is 31.4. The van der Waals surface area contributed by atoms with E-state index in [1.807, 2.05) is 0 Å². The van der Waals surface area contributed by atoms with E-state index in [0.717, 1.165) is 38.5 Å². The van der Waals surface area contributed by atoms with Gasteiger partial charge in [-0.2, -0.15) is 0 Å². The van der Waals surface area contributed by atoms with Crippen molar-refractivity contribution >= 4 is 5.91 Å². The number of hydrogen-bond donors (Lipinski definition) is 5. The van der Waals surface area contributed by atoms with Gasteiger partial charge in [-0.05, 0) is 12.8 Å². The second-order valence-corrected chi connectivity index (χ2v) is 22.1. The van der Waals surface area contributed by atoms with Crippen LogP contribution in [0.2, 0.25) is 0 Å². The van der Waals surface area contributed by atoms with Crippen molar-refractivity contribution in [3.63, 3.8) is 0 Å². The van der Waals surface area contributed by atoms with Crippen LogP contribution >= 0.6 is 0 Å². The fraction of sp³-hybridized carbons (Fsp3) is 0.984. The third-order valence-corrected chi connectivity index (χ3v) is 15.3. The molecule has 68 heavy (non-hydrogen) atoms. The first-order chi connectivity index (χ1) is 33.5. The zero-order chi connectivity index (χ0) is 49.5. The highest BCUT2D eigenvalue weighted by Gasteiger charge is 2.28. The molecule has 0 aromatic carbocycles. The molecular formula is C62H125NO5. The third-order valence-electron chi connectivity index (χ3n) is 15.3. The number of unbranched alkanes of at least 4 members (excludes halogenated alkanes) is 50. The summed E-state index contributed by atoms with van der Waals surface area (Å²) in [5.41, 5.74) is 0. The molecule has 1 amide bonds. The van der Waals surface area contributed by atoms with Crippen molar-refractivity contribution in [3.8, 4) is 0 Å². The molecule has 6 nitrogen and oxygen atoms in total. The van der Waals surface area contributed by atoms with Gasteiger partial charge in [0.15, 0.2) is 0 Å². The number of aliphatic hydroxyl groups excluding tert-OH is 4. The molecular weight excluding hydrogens is 839 g/mol. The van der Waals surface area contributed by atoms with Crippen LogP contribution in [-0.2, 0) is 4.79 Å². The van der Waals surface area contributed by atoms with Gasteiger partial charge in [0, 0.05) is 0 Å². The van der Waals surface area contributed by atoms with Crippen molar-refractivity contribution < 1.29 is 25.2 Å². The SMILES string of the molecule is CCCCCCCCCCCCCCCCCCCCCCCCCCCCCCCCC(O)C(=O)NC(CO)C(O)C(O)CCCCCCCCCCCCCCCCCCCCCCCC. The van der Waals surface area contributed by atoms with E-state index in [9.17, 15) is 25.2 Å². The van der Waals surface area contributed by atoms with E-state index in [0.29, 0.717) is 12.8 Å². The number of carbonyl (C=O) groups is 1. The van der Waals surface area contributed by atoms with Gasteiger partial charge in [-0.15, -0.1) is 0 Å². The summed E-state index contributed by atoms with van der Waals surface area (Å²) in [5, 5.41) is 44.1. The zero-order valence-electron chi connectivity index (χ0n) is 46.4. The molecule has 0 heterocycles. The van der Waals surface area contributed by atoms with Crippen molar-refractivity contribution in [3.05, 3.63) is 0 Å². The number of nitrogens with one attached hydrogen (secondary N) is 1. The van der Waals surface area contributed by atoms with Gasteiger partial charge in [0.2, 0.25) is 5.91 Å².